The summed E-state index contributed by atoms with van der Waals surface area (Å²) in [6, 6.07) is 1.47. The summed E-state index contributed by atoms with van der Waals surface area (Å²) in [5.41, 5.74) is 0.480. The number of sulfone groups is 1. The van der Waals surface area contributed by atoms with Gasteiger partial charge in [-0.05, 0) is 41.5 Å². The van der Waals surface area contributed by atoms with Crippen LogP contribution in [0.5, 0.6) is 0 Å². The van der Waals surface area contributed by atoms with E-state index in [4.69, 9.17) is 0 Å². The molecule has 1 fully saturated rings. The van der Waals surface area contributed by atoms with Crippen molar-refractivity contribution in [1.82, 2.24) is 14.8 Å². The molecule has 1 amide bonds. The highest BCUT2D eigenvalue weighted by Crippen LogP contribution is 2.21. The largest absolute Gasteiger partial charge is 0.333 e. The number of halogens is 1. The summed E-state index contributed by atoms with van der Waals surface area (Å²) in [4.78, 5) is 20.9. The lowest BCUT2D eigenvalue weighted by Crippen LogP contribution is -2.45. The van der Waals surface area contributed by atoms with Gasteiger partial charge < -0.3 is 9.80 Å². The van der Waals surface area contributed by atoms with Gasteiger partial charge in [0, 0.05) is 36.0 Å². The van der Waals surface area contributed by atoms with E-state index in [1.165, 1.54) is 6.20 Å². The fraction of sp³-hybridized carbons (Fsp3) is 0.625. The standard InChI is InChI=1S/C16H24BrN3O3S/c1-3-19(4-2)6-7-20(15-5-8-24(22,23)12-15)16(21)13-9-14(17)11-18-10-13/h9-11,15H,3-8,12H2,1-2H3. The van der Waals surface area contributed by atoms with Crippen LogP contribution in [0.2, 0.25) is 0 Å². The number of hydrogen-bond acceptors (Lipinski definition) is 5. The molecule has 0 spiro atoms. The second kappa shape index (κ2) is 8.40. The molecule has 0 aromatic carbocycles. The van der Waals surface area contributed by atoms with Gasteiger partial charge in [0.1, 0.15) is 0 Å². The smallest absolute Gasteiger partial charge is 0.255 e. The van der Waals surface area contributed by atoms with Crippen LogP contribution in [-0.2, 0) is 9.84 Å². The van der Waals surface area contributed by atoms with E-state index < -0.39 is 9.84 Å². The first-order valence-corrected chi connectivity index (χ1v) is 10.8. The molecule has 1 aromatic heterocycles. The number of amides is 1. The van der Waals surface area contributed by atoms with Crippen LogP contribution in [0.15, 0.2) is 22.9 Å². The molecule has 0 bridgehead atoms. The highest BCUT2D eigenvalue weighted by Gasteiger charge is 2.35. The van der Waals surface area contributed by atoms with E-state index in [-0.39, 0.29) is 23.5 Å². The van der Waals surface area contributed by atoms with Gasteiger partial charge in [0.05, 0.1) is 17.1 Å². The maximum absolute atomic E-state index is 12.9. The van der Waals surface area contributed by atoms with E-state index in [2.05, 4.69) is 39.7 Å². The maximum atomic E-state index is 12.9. The van der Waals surface area contributed by atoms with Gasteiger partial charge in [-0.2, -0.15) is 0 Å². The second-order valence-corrected chi connectivity index (χ2v) is 9.12. The predicted octanol–water partition coefficient (Wildman–Crippen LogP) is 1.82. The van der Waals surface area contributed by atoms with Gasteiger partial charge in [0.25, 0.3) is 5.91 Å². The molecule has 1 aliphatic rings. The minimum atomic E-state index is -3.05. The summed E-state index contributed by atoms with van der Waals surface area (Å²) in [5, 5.41) is 0. The summed E-state index contributed by atoms with van der Waals surface area (Å²) < 4.78 is 24.4. The highest BCUT2D eigenvalue weighted by atomic mass is 79.9. The number of nitrogens with zero attached hydrogens (tertiary/aromatic N) is 3. The number of likely N-dealkylation sites (N-methyl/N-ethyl adjacent to an activating group) is 1. The molecule has 0 radical (unpaired) electrons. The molecule has 8 heteroatoms. The highest BCUT2D eigenvalue weighted by molar-refractivity contribution is 9.10. The van der Waals surface area contributed by atoms with Crippen LogP contribution < -0.4 is 0 Å². The first-order chi connectivity index (χ1) is 11.4. The van der Waals surface area contributed by atoms with Gasteiger partial charge in [0.15, 0.2) is 9.84 Å². The lowest BCUT2D eigenvalue weighted by Gasteiger charge is -2.30. The summed E-state index contributed by atoms with van der Waals surface area (Å²) in [7, 11) is -3.05. The average Bonchev–Trinajstić information content (AvgIpc) is 2.91. The SMILES string of the molecule is CCN(CC)CCN(C(=O)c1cncc(Br)c1)C1CCS(=O)(=O)C1. The zero-order valence-electron chi connectivity index (χ0n) is 14.1. The topological polar surface area (TPSA) is 70.6 Å². The summed E-state index contributed by atoms with van der Waals surface area (Å²) in [6.45, 7) is 7.21. The molecule has 2 rings (SSSR count). The van der Waals surface area contributed by atoms with Crippen LogP contribution in [0.25, 0.3) is 0 Å². The molecule has 1 aliphatic heterocycles. The minimum absolute atomic E-state index is 0.0540. The van der Waals surface area contributed by atoms with Crippen molar-refractivity contribution in [1.29, 1.82) is 0 Å². The number of carbonyl (C=O) groups excluding carboxylic acids is 1. The summed E-state index contributed by atoms with van der Waals surface area (Å²) in [5.74, 6) is 0.0556. The van der Waals surface area contributed by atoms with Gasteiger partial charge in [-0.15, -0.1) is 0 Å². The van der Waals surface area contributed by atoms with E-state index in [0.29, 0.717) is 18.5 Å². The van der Waals surface area contributed by atoms with E-state index in [9.17, 15) is 13.2 Å². The second-order valence-electron chi connectivity index (χ2n) is 5.97. The quantitative estimate of drug-likeness (QED) is 0.676. The van der Waals surface area contributed by atoms with Crippen LogP contribution in [0.1, 0.15) is 30.6 Å². The normalized spacial score (nSPS) is 19.6. The molecule has 0 N–H and O–H groups in total. The van der Waals surface area contributed by atoms with Crippen LogP contribution >= 0.6 is 15.9 Å². The Labute approximate surface area is 152 Å². The van der Waals surface area contributed by atoms with Crippen molar-refractivity contribution in [3.63, 3.8) is 0 Å². The average molecular weight is 418 g/mol. The van der Waals surface area contributed by atoms with Crippen molar-refractivity contribution < 1.29 is 13.2 Å². The van der Waals surface area contributed by atoms with Crippen LogP contribution in [-0.4, -0.2) is 72.8 Å². The Morgan fingerprint density at radius 3 is 2.54 bits per heavy atom. The maximum Gasteiger partial charge on any atom is 0.255 e. The van der Waals surface area contributed by atoms with Gasteiger partial charge in [0.2, 0.25) is 0 Å². The molecule has 1 atom stereocenters. The van der Waals surface area contributed by atoms with E-state index >= 15 is 0 Å². The van der Waals surface area contributed by atoms with Crippen molar-refractivity contribution in [3.05, 3.63) is 28.5 Å². The van der Waals surface area contributed by atoms with E-state index in [1.54, 1.807) is 17.2 Å². The third-order valence-corrected chi connectivity index (χ3v) is 6.60. The summed E-state index contributed by atoms with van der Waals surface area (Å²) >= 11 is 3.33. The predicted molar refractivity (Wildman–Crippen MR) is 97.8 cm³/mol. The summed E-state index contributed by atoms with van der Waals surface area (Å²) in [6.07, 6.45) is 3.66. The molecule has 0 aliphatic carbocycles. The third kappa shape index (κ3) is 5.00. The van der Waals surface area contributed by atoms with E-state index in [1.807, 2.05) is 0 Å². The van der Waals surface area contributed by atoms with Crippen LogP contribution in [0.4, 0.5) is 0 Å². The first-order valence-electron chi connectivity index (χ1n) is 8.20. The first kappa shape index (κ1) is 19.3. The Morgan fingerprint density at radius 2 is 2.00 bits per heavy atom. The zero-order valence-corrected chi connectivity index (χ0v) is 16.5. The minimum Gasteiger partial charge on any atom is -0.333 e. The number of rotatable bonds is 7. The Morgan fingerprint density at radius 1 is 1.29 bits per heavy atom. The fourth-order valence-corrected chi connectivity index (χ4v) is 5.05. The lowest BCUT2D eigenvalue weighted by molar-refractivity contribution is 0.0674. The Balaban J connectivity index is 2.20. The Hall–Kier alpha value is -0.990. The van der Waals surface area contributed by atoms with Crippen molar-refractivity contribution in [2.75, 3.05) is 37.7 Å². The van der Waals surface area contributed by atoms with Crippen molar-refractivity contribution in [3.8, 4) is 0 Å². The molecule has 2 heterocycles. The Bertz CT molecular complexity index is 677. The van der Waals surface area contributed by atoms with Gasteiger partial charge in [-0.3, -0.25) is 9.78 Å². The van der Waals surface area contributed by atoms with Crippen molar-refractivity contribution >= 4 is 31.7 Å². The van der Waals surface area contributed by atoms with Crippen LogP contribution in [0, 0.1) is 0 Å². The molecule has 6 nitrogen and oxygen atoms in total. The van der Waals surface area contributed by atoms with Gasteiger partial charge in [-0.1, -0.05) is 13.8 Å². The molecular weight excluding hydrogens is 394 g/mol. The number of carbonyl (C=O) groups is 1. The fourth-order valence-electron chi connectivity index (χ4n) is 2.95. The number of hydrogen-bond donors (Lipinski definition) is 0. The number of pyridine rings is 1. The van der Waals surface area contributed by atoms with Gasteiger partial charge >= 0.3 is 0 Å². The molecule has 1 aromatic rings. The molecule has 0 saturated carbocycles. The van der Waals surface area contributed by atoms with Crippen molar-refractivity contribution in [2.24, 2.45) is 0 Å². The van der Waals surface area contributed by atoms with Crippen molar-refractivity contribution in [2.45, 2.75) is 26.3 Å². The zero-order chi connectivity index (χ0) is 17.7. The monoisotopic (exact) mass is 417 g/mol. The Kier molecular flexibility index (Phi) is 6.77. The third-order valence-electron chi connectivity index (χ3n) is 4.41. The lowest BCUT2D eigenvalue weighted by atomic mass is 10.1. The van der Waals surface area contributed by atoms with Crippen LogP contribution in [0.3, 0.4) is 0 Å². The van der Waals surface area contributed by atoms with Gasteiger partial charge in [-0.25, -0.2) is 8.42 Å². The molecule has 24 heavy (non-hydrogen) atoms. The number of aromatic nitrogens is 1. The van der Waals surface area contributed by atoms with E-state index in [0.717, 1.165) is 24.1 Å². The molecular formula is C16H24BrN3O3S. The molecule has 1 unspecified atom stereocenters. The molecule has 134 valence electrons. The molecule has 1 saturated heterocycles.